The minimum atomic E-state index is -0.488. The van der Waals surface area contributed by atoms with E-state index in [1.165, 1.54) is 6.42 Å². The van der Waals surface area contributed by atoms with Crippen molar-refractivity contribution in [3.05, 3.63) is 22.2 Å². The molecule has 1 aromatic carbocycles. The van der Waals surface area contributed by atoms with Crippen molar-refractivity contribution in [3.63, 3.8) is 0 Å². The van der Waals surface area contributed by atoms with Gasteiger partial charge in [-0.05, 0) is 50.7 Å². The minimum absolute atomic E-state index is 0.246. The number of rotatable bonds is 5. The van der Waals surface area contributed by atoms with Gasteiger partial charge in [0.15, 0.2) is 11.5 Å². The lowest BCUT2D eigenvalue weighted by Crippen LogP contribution is -2.34. The Balaban J connectivity index is 2.07. The Kier molecular flexibility index (Phi) is 4.05. The number of ether oxygens (including phenoxy) is 2. The number of methoxy groups -OCH3 is 1. The Hall–Kier alpha value is -1.32. The van der Waals surface area contributed by atoms with Gasteiger partial charge in [0, 0.05) is 10.0 Å². The van der Waals surface area contributed by atoms with Gasteiger partial charge in [-0.3, -0.25) is 0 Å². The molecule has 0 aliphatic heterocycles. The van der Waals surface area contributed by atoms with Crippen LogP contribution in [0.4, 0.5) is 0 Å². The Bertz CT molecular complexity index is 587. The molecule has 1 aromatic rings. The highest BCUT2D eigenvalue weighted by Crippen LogP contribution is 2.52. The zero-order valence-corrected chi connectivity index (χ0v) is 13.6. The van der Waals surface area contributed by atoms with Crippen LogP contribution in [0.25, 0.3) is 0 Å². The van der Waals surface area contributed by atoms with Gasteiger partial charge < -0.3 is 9.47 Å². The third kappa shape index (κ3) is 2.60. The Morgan fingerprint density at radius 2 is 2.10 bits per heavy atom. The number of nitrogens with zero attached hydrogens (tertiary/aromatic N) is 1. The fourth-order valence-electron chi connectivity index (χ4n) is 2.88. The summed E-state index contributed by atoms with van der Waals surface area (Å²) >= 11 is 3.51. The lowest BCUT2D eigenvalue weighted by atomic mass is 9.72. The fraction of sp³-hybridized carbons (Fsp3) is 0.562. The maximum Gasteiger partial charge on any atom is 0.235 e. The van der Waals surface area contributed by atoms with Crippen molar-refractivity contribution in [2.75, 3.05) is 7.11 Å². The van der Waals surface area contributed by atoms with Crippen LogP contribution in [0.5, 0.6) is 11.5 Å². The molecule has 0 heterocycles. The Morgan fingerprint density at radius 3 is 2.57 bits per heavy atom. The van der Waals surface area contributed by atoms with E-state index in [4.69, 9.17) is 9.47 Å². The van der Waals surface area contributed by atoms with Gasteiger partial charge in [0.25, 0.3) is 0 Å². The number of hydrogen-bond acceptors (Lipinski definition) is 4. The summed E-state index contributed by atoms with van der Waals surface area (Å²) in [4.78, 5) is 14.9. The van der Waals surface area contributed by atoms with Crippen LogP contribution < -0.4 is 9.47 Å². The quantitative estimate of drug-likeness (QED) is 0.592. The van der Waals surface area contributed by atoms with Gasteiger partial charge in [0.1, 0.15) is 5.54 Å². The summed E-state index contributed by atoms with van der Waals surface area (Å²) in [6, 6.07) is 3.89. The van der Waals surface area contributed by atoms with E-state index in [1.807, 2.05) is 12.1 Å². The van der Waals surface area contributed by atoms with Crippen molar-refractivity contribution >= 4 is 22.0 Å². The van der Waals surface area contributed by atoms with Gasteiger partial charge in [-0.1, -0.05) is 15.9 Å². The molecule has 0 saturated heterocycles. The first-order valence-electron chi connectivity index (χ1n) is 7.32. The molecule has 4 nitrogen and oxygen atoms in total. The molecule has 21 heavy (non-hydrogen) atoms. The number of halogens is 1. The van der Waals surface area contributed by atoms with Crippen molar-refractivity contribution < 1.29 is 14.3 Å². The second kappa shape index (κ2) is 5.82. The second-order valence-corrected chi connectivity index (χ2v) is 6.66. The van der Waals surface area contributed by atoms with Crippen molar-refractivity contribution in [3.8, 4) is 11.5 Å². The van der Waals surface area contributed by atoms with Crippen molar-refractivity contribution in [2.45, 2.75) is 50.2 Å². The smallest absolute Gasteiger partial charge is 0.235 e. The first kappa shape index (κ1) is 14.6. The van der Waals surface area contributed by atoms with E-state index in [-0.39, 0.29) is 6.10 Å². The topological polar surface area (TPSA) is 47.9 Å². The molecule has 2 saturated carbocycles. The monoisotopic (exact) mass is 351 g/mol. The molecule has 2 fully saturated rings. The highest BCUT2D eigenvalue weighted by atomic mass is 79.9. The maximum atomic E-state index is 10.9. The fourth-order valence-corrected chi connectivity index (χ4v) is 3.32. The van der Waals surface area contributed by atoms with E-state index < -0.39 is 5.54 Å². The van der Waals surface area contributed by atoms with Gasteiger partial charge in [-0.2, -0.15) is 4.99 Å². The SMILES string of the molecule is COc1cc(Br)cc(C2(N=C=O)CCC2)c1OC1CCC1. The number of benzene rings is 1. The van der Waals surface area contributed by atoms with Crippen molar-refractivity contribution in [1.29, 1.82) is 0 Å². The largest absolute Gasteiger partial charge is 0.493 e. The molecule has 0 spiro atoms. The van der Waals surface area contributed by atoms with Crippen molar-refractivity contribution in [1.82, 2.24) is 0 Å². The standard InChI is InChI=1S/C16H18BrNO3/c1-20-14-9-11(17)8-13(15(14)21-12-4-2-5-12)16(18-10-19)6-3-7-16/h8-9,12H,2-7H2,1H3. The first-order valence-corrected chi connectivity index (χ1v) is 8.11. The van der Waals surface area contributed by atoms with Gasteiger partial charge in [0.05, 0.1) is 13.2 Å². The van der Waals surface area contributed by atoms with Crippen LogP contribution in [0.3, 0.4) is 0 Å². The van der Waals surface area contributed by atoms with E-state index in [0.717, 1.165) is 47.9 Å². The number of aliphatic imine (C=N–C) groups is 1. The number of hydrogen-bond donors (Lipinski definition) is 0. The predicted molar refractivity (Wildman–Crippen MR) is 82.6 cm³/mol. The van der Waals surface area contributed by atoms with E-state index in [1.54, 1.807) is 13.2 Å². The van der Waals surface area contributed by atoms with Crippen LogP contribution in [-0.2, 0) is 10.3 Å². The lowest BCUT2D eigenvalue weighted by Gasteiger charge is -2.39. The van der Waals surface area contributed by atoms with E-state index in [0.29, 0.717) is 5.75 Å². The molecule has 0 N–H and O–H groups in total. The van der Waals surface area contributed by atoms with E-state index in [9.17, 15) is 4.79 Å². The average Bonchev–Trinajstić information content (AvgIpc) is 2.38. The first-order chi connectivity index (χ1) is 10.2. The summed E-state index contributed by atoms with van der Waals surface area (Å²) in [5, 5.41) is 0. The number of isocyanates is 1. The van der Waals surface area contributed by atoms with Crippen LogP contribution in [0, 0.1) is 0 Å². The number of carbonyl (C=O) groups excluding carboxylic acids is 1. The molecule has 2 aliphatic rings. The molecule has 0 atom stereocenters. The average molecular weight is 352 g/mol. The molecule has 2 aliphatic carbocycles. The Morgan fingerprint density at radius 1 is 1.33 bits per heavy atom. The predicted octanol–water partition coefficient (Wildman–Crippen LogP) is 4.10. The van der Waals surface area contributed by atoms with Gasteiger partial charge >= 0.3 is 0 Å². The summed E-state index contributed by atoms with van der Waals surface area (Å²) in [5.74, 6) is 1.43. The molecule has 0 radical (unpaired) electrons. The van der Waals surface area contributed by atoms with E-state index in [2.05, 4.69) is 20.9 Å². The molecule has 0 bridgehead atoms. The van der Waals surface area contributed by atoms with Gasteiger partial charge in [-0.25, -0.2) is 4.79 Å². The van der Waals surface area contributed by atoms with Crippen LogP contribution in [0.1, 0.15) is 44.1 Å². The van der Waals surface area contributed by atoms with Crippen molar-refractivity contribution in [2.24, 2.45) is 4.99 Å². The lowest BCUT2D eigenvalue weighted by molar-refractivity contribution is 0.109. The molecule has 0 amide bonds. The van der Waals surface area contributed by atoms with Gasteiger partial charge in [-0.15, -0.1) is 0 Å². The second-order valence-electron chi connectivity index (χ2n) is 5.74. The highest BCUT2D eigenvalue weighted by Gasteiger charge is 2.42. The molecule has 112 valence electrons. The van der Waals surface area contributed by atoms with Crippen LogP contribution in [0.2, 0.25) is 0 Å². The van der Waals surface area contributed by atoms with Crippen LogP contribution >= 0.6 is 15.9 Å². The highest BCUT2D eigenvalue weighted by molar-refractivity contribution is 9.10. The molecule has 0 aromatic heterocycles. The molecule has 5 heteroatoms. The third-order valence-corrected chi connectivity index (χ3v) is 4.98. The third-order valence-electron chi connectivity index (χ3n) is 4.52. The molecular formula is C16H18BrNO3. The summed E-state index contributed by atoms with van der Waals surface area (Å²) in [5.41, 5.74) is 0.452. The summed E-state index contributed by atoms with van der Waals surface area (Å²) in [6.45, 7) is 0. The summed E-state index contributed by atoms with van der Waals surface area (Å²) in [7, 11) is 1.63. The van der Waals surface area contributed by atoms with Crippen LogP contribution in [0.15, 0.2) is 21.6 Å². The van der Waals surface area contributed by atoms with Gasteiger partial charge in [0.2, 0.25) is 6.08 Å². The minimum Gasteiger partial charge on any atom is -0.493 e. The molecule has 3 rings (SSSR count). The summed E-state index contributed by atoms with van der Waals surface area (Å²) in [6.07, 6.45) is 8.09. The maximum absolute atomic E-state index is 10.9. The Labute approximate surface area is 132 Å². The molecule has 0 unspecified atom stereocenters. The zero-order valence-electron chi connectivity index (χ0n) is 12.0. The summed E-state index contributed by atoms with van der Waals surface area (Å²) < 4.78 is 12.5. The van der Waals surface area contributed by atoms with E-state index >= 15 is 0 Å². The normalized spacial score (nSPS) is 19.9. The molecular weight excluding hydrogens is 334 g/mol. The van der Waals surface area contributed by atoms with Crippen LogP contribution in [-0.4, -0.2) is 19.3 Å². The zero-order chi connectivity index (χ0) is 14.9.